The zero-order chi connectivity index (χ0) is 30.6. The molecular weight excluding hydrogens is 516 g/mol. The van der Waals surface area contributed by atoms with Crippen molar-refractivity contribution in [3.63, 3.8) is 0 Å². The smallest absolute Gasteiger partial charge is 0.305 e. The van der Waals surface area contributed by atoms with Gasteiger partial charge in [0.05, 0.1) is 12.7 Å². The first-order valence-electron chi connectivity index (χ1n) is 19.5. The minimum Gasteiger partial charge on any atom is -0.466 e. The van der Waals surface area contributed by atoms with Gasteiger partial charge in [-0.25, -0.2) is 0 Å². The number of unbranched alkanes of at least 4 members (excludes halogenated alkanes) is 28. The molecule has 0 fully saturated rings. The topological polar surface area (TPSA) is 46.5 Å². The van der Waals surface area contributed by atoms with Crippen LogP contribution < -0.4 is 0 Å². The Hall–Kier alpha value is -0.570. The fourth-order valence-corrected chi connectivity index (χ4v) is 6.10. The zero-order valence-corrected chi connectivity index (χ0v) is 29.1. The minimum absolute atomic E-state index is 0.00524. The third kappa shape index (κ3) is 35.6. The maximum absolute atomic E-state index is 12.0. The van der Waals surface area contributed by atoms with Crippen molar-refractivity contribution in [2.45, 2.75) is 238 Å². The Morgan fingerprint density at radius 1 is 0.429 bits per heavy atom. The van der Waals surface area contributed by atoms with Crippen LogP contribution in [0.5, 0.6) is 0 Å². The summed E-state index contributed by atoms with van der Waals surface area (Å²) in [6.45, 7) is 5.14. The molecule has 0 bridgehead atoms. The molecule has 42 heavy (non-hydrogen) atoms. The molecule has 1 unspecified atom stereocenters. The number of rotatable bonds is 36. The molecule has 0 radical (unpaired) electrons. The second-order valence-corrected chi connectivity index (χ2v) is 13.5. The predicted molar refractivity (Wildman–Crippen MR) is 185 cm³/mol. The van der Waals surface area contributed by atoms with Gasteiger partial charge in [0.1, 0.15) is 0 Å². The molecule has 0 saturated heterocycles. The van der Waals surface area contributed by atoms with Crippen molar-refractivity contribution in [2.24, 2.45) is 0 Å². The third-order valence-electron chi connectivity index (χ3n) is 9.07. The molecular formula is C39H78O3. The standard InChI is InChI=1S/C39H78O3/c1-3-5-7-9-10-11-12-13-14-15-16-17-18-19-20-23-26-29-33-37-42-39(41)36-32-28-25-22-21-24-27-31-35-38(40)34-30-8-6-4-2/h38,40H,3-37H2,1-2H3. The highest BCUT2D eigenvalue weighted by molar-refractivity contribution is 5.69. The molecule has 1 atom stereocenters. The van der Waals surface area contributed by atoms with E-state index in [1.807, 2.05) is 0 Å². The van der Waals surface area contributed by atoms with Gasteiger partial charge in [-0.1, -0.05) is 200 Å². The van der Waals surface area contributed by atoms with Crippen molar-refractivity contribution >= 4 is 5.97 Å². The van der Waals surface area contributed by atoms with Crippen molar-refractivity contribution in [3.05, 3.63) is 0 Å². The molecule has 3 nitrogen and oxygen atoms in total. The largest absolute Gasteiger partial charge is 0.466 e. The van der Waals surface area contributed by atoms with Gasteiger partial charge < -0.3 is 9.84 Å². The Labute approximate surface area is 265 Å². The number of carbonyl (C=O) groups excluding carboxylic acids is 1. The van der Waals surface area contributed by atoms with Crippen molar-refractivity contribution in [2.75, 3.05) is 6.61 Å². The molecule has 1 N–H and O–H groups in total. The SMILES string of the molecule is CCCCCCCCCCCCCCCCCCCCCOC(=O)CCCCCCCCCCC(O)CCCCCC. The van der Waals surface area contributed by atoms with Gasteiger partial charge in [-0.3, -0.25) is 4.79 Å². The fraction of sp³-hybridized carbons (Fsp3) is 0.974. The lowest BCUT2D eigenvalue weighted by atomic mass is 10.0. The Morgan fingerprint density at radius 2 is 0.714 bits per heavy atom. The quantitative estimate of drug-likeness (QED) is 0.0579. The lowest BCUT2D eigenvalue weighted by molar-refractivity contribution is -0.143. The van der Waals surface area contributed by atoms with E-state index in [0.29, 0.717) is 13.0 Å². The lowest BCUT2D eigenvalue weighted by Crippen LogP contribution is -2.06. The number of ether oxygens (including phenoxy) is 1. The van der Waals surface area contributed by atoms with Gasteiger partial charge in [0.25, 0.3) is 0 Å². The van der Waals surface area contributed by atoms with E-state index < -0.39 is 0 Å². The summed E-state index contributed by atoms with van der Waals surface area (Å²) < 4.78 is 5.44. The van der Waals surface area contributed by atoms with Crippen LogP contribution in [-0.2, 0) is 9.53 Å². The number of hydrogen-bond acceptors (Lipinski definition) is 3. The summed E-state index contributed by atoms with van der Waals surface area (Å²) in [6, 6.07) is 0. The van der Waals surface area contributed by atoms with E-state index in [1.54, 1.807) is 0 Å². The average molecular weight is 595 g/mol. The Bertz CT molecular complexity index is 506. The first kappa shape index (κ1) is 41.4. The lowest BCUT2D eigenvalue weighted by Gasteiger charge is -2.10. The molecule has 252 valence electrons. The second-order valence-electron chi connectivity index (χ2n) is 13.5. The molecule has 0 aliphatic carbocycles. The van der Waals surface area contributed by atoms with Crippen LogP contribution in [0, 0.1) is 0 Å². The highest BCUT2D eigenvalue weighted by Gasteiger charge is 2.05. The van der Waals surface area contributed by atoms with Crippen LogP contribution >= 0.6 is 0 Å². The molecule has 0 aromatic rings. The number of aliphatic hydroxyl groups excluding tert-OH is 1. The number of carbonyl (C=O) groups is 1. The summed E-state index contributed by atoms with van der Waals surface area (Å²) in [5, 5.41) is 10.0. The van der Waals surface area contributed by atoms with Gasteiger partial charge >= 0.3 is 5.97 Å². The summed E-state index contributed by atoms with van der Waals surface area (Å²) in [7, 11) is 0. The van der Waals surface area contributed by atoms with E-state index in [9.17, 15) is 9.90 Å². The highest BCUT2D eigenvalue weighted by atomic mass is 16.5. The van der Waals surface area contributed by atoms with Crippen LogP contribution in [0.3, 0.4) is 0 Å². The van der Waals surface area contributed by atoms with Gasteiger partial charge in [-0.15, -0.1) is 0 Å². The molecule has 0 heterocycles. The average Bonchev–Trinajstić information content (AvgIpc) is 2.99. The Kier molecular flexibility index (Phi) is 36.1. The van der Waals surface area contributed by atoms with Crippen LogP contribution in [0.1, 0.15) is 232 Å². The predicted octanol–water partition coefficient (Wildman–Crippen LogP) is 13.2. The van der Waals surface area contributed by atoms with Crippen molar-refractivity contribution in [3.8, 4) is 0 Å². The summed E-state index contributed by atoms with van der Waals surface area (Å²) in [4.78, 5) is 12.0. The van der Waals surface area contributed by atoms with E-state index in [1.165, 1.54) is 180 Å². The first-order chi connectivity index (χ1) is 20.7. The van der Waals surface area contributed by atoms with Crippen molar-refractivity contribution in [1.29, 1.82) is 0 Å². The van der Waals surface area contributed by atoms with Crippen molar-refractivity contribution in [1.82, 2.24) is 0 Å². The van der Waals surface area contributed by atoms with Crippen LogP contribution in [0.25, 0.3) is 0 Å². The molecule has 3 heteroatoms. The van der Waals surface area contributed by atoms with Gasteiger partial charge in [0.2, 0.25) is 0 Å². The summed E-state index contributed by atoms with van der Waals surface area (Å²) >= 11 is 0. The molecule has 0 aliphatic rings. The molecule has 0 amide bonds. The normalized spacial score (nSPS) is 12.2. The van der Waals surface area contributed by atoms with Crippen LogP contribution in [0.15, 0.2) is 0 Å². The number of hydrogen-bond donors (Lipinski definition) is 1. The van der Waals surface area contributed by atoms with Gasteiger partial charge in [0.15, 0.2) is 0 Å². The minimum atomic E-state index is -0.0785. The maximum Gasteiger partial charge on any atom is 0.305 e. The van der Waals surface area contributed by atoms with E-state index in [0.717, 1.165) is 32.1 Å². The molecule has 0 aliphatic heterocycles. The number of aliphatic hydroxyl groups is 1. The fourth-order valence-electron chi connectivity index (χ4n) is 6.10. The van der Waals surface area contributed by atoms with Crippen LogP contribution in [-0.4, -0.2) is 23.8 Å². The molecule has 0 aromatic heterocycles. The molecule has 0 rings (SSSR count). The monoisotopic (exact) mass is 595 g/mol. The highest BCUT2D eigenvalue weighted by Crippen LogP contribution is 2.16. The number of esters is 1. The Balaban J connectivity index is 3.19. The van der Waals surface area contributed by atoms with E-state index in [2.05, 4.69) is 13.8 Å². The van der Waals surface area contributed by atoms with Crippen LogP contribution in [0.2, 0.25) is 0 Å². The van der Waals surface area contributed by atoms with Gasteiger partial charge in [-0.05, 0) is 25.7 Å². The van der Waals surface area contributed by atoms with E-state index >= 15 is 0 Å². The zero-order valence-electron chi connectivity index (χ0n) is 29.1. The second kappa shape index (κ2) is 36.6. The van der Waals surface area contributed by atoms with Gasteiger partial charge in [-0.2, -0.15) is 0 Å². The van der Waals surface area contributed by atoms with E-state index in [4.69, 9.17) is 4.74 Å². The third-order valence-corrected chi connectivity index (χ3v) is 9.07. The van der Waals surface area contributed by atoms with E-state index in [-0.39, 0.29) is 12.1 Å². The summed E-state index contributed by atoms with van der Waals surface area (Å²) in [6.07, 6.45) is 43.4. The van der Waals surface area contributed by atoms with Crippen LogP contribution in [0.4, 0.5) is 0 Å². The summed E-state index contributed by atoms with van der Waals surface area (Å²) in [5.74, 6) is 0.00524. The molecule has 0 spiro atoms. The molecule has 0 aromatic carbocycles. The first-order valence-corrected chi connectivity index (χ1v) is 19.5. The Morgan fingerprint density at radius 3 is 1.10 bits per heavy atom. The van der Waals surface area contributed by atoms with Crippen molar-refractivity contribution < 1.29 is 14.6 Å². The molecule has 0 saturated carbocycles. The summed E-state index contributed by atoms with van der Waals surface area (Å²) in [5.41, 5.74) is 0. The maximum atomic E-state index is 12.0. The van der Waals surface area contributed by atoms with Gasteiger partial charge in [0, 0.05) is 6.42 Å².